The number of amides is 1. The van der Waals surface area contributed by atoms with Gasteiger partial charge >= 0.3 is 12.1 Å². The highest BCUT2D eigenvalue weighted by Crippen LogP contribution is 1.93. The van der Waals surface area contributed by atoms with Gasteiger partial charge in [-0.2, -0.15) is 5.06 Å². The van der Waals surface area contributed by atoms with Crippen LogP contribution >= 0.6 is 0 Å². The van der Waals surface area contributed by atoms with Crippen molar-refractivity contribution in [2.75, 3.05) is 27.9 Å². The quantitative estimate of drug-likeness (QED) is 0.440. The van der Waals surface area contributed by atoms with Crippen LogP contribution in [0.5, 0.6) is 0 Å². The Balaban J connectivity index is 3.99. The maximum atomic E-state index is 10.8. The number of ether oxygens (including phenoxy) is 2. The molecule has 0 aliphatic heterocycles. The van der Waals surface area contributed by atoms with E-state index in [9.17, 15) is 9.59 Å². The number of methoxy groups -OCH3 is 2. The zero-order valence-corrected chi connectivity index (χ0v) is 7.20. The van der Waals surface area contributed by atoms with Crippen LogP contribution in [0.2, 0.25) is 0 Å². The molecule has 0 radical (unpaired) electrons. The molecular formula is C6H11NO5. The molecule has 0 N–H and O–H groups in total. The molecule has 0 aliphatic carbocycles. The molecule has 0 heterocycles. The molecule has 0 aromatic carbocycles. The molecule has 0 aliphatic rings. The zero-order valence-electron chi connectivity index (χ0n) is 7.20. The number of esters is 1. The Morgan fingerprint density at radius 1 is 1.17 bits per heavy atom. The summed E-state index contributed by atoms with van der Waals surface area (Å²) < 4.78 is 8.61. The fraction of sp³-hybridized carbons (Fsp3) is 0.667. The van der Waals surface area contributed by atoms with Gasteiger partial charge in [0.25, 0.3) is 0 Å². The van der Waals surface area contributed by atoms with Crippen molar-refractivity contribution in [3.8, 4) is 0 Å². The summed E-state index contributed by atoms with van der Waals surface area (Å²) in [4.78, 5) is 25.9. The number of carbonyl (C=O) groups is 2. The fourth-order valence-electron chi connectivity index (χ4n) is 0.487. The van der Waals surface area contributed by atoms with Crippen molar-refractivity contribution in [2.45, 2.75) is 0 Å². The Bertz CT molecular complexity index is 169. The fourth-order valence-corrected chi connectivity index (χ4v) is 0.487. The van der Waals surface area contributed by atoms with Crippen LogP contribution in [0.4, 0.5) is 4.79 Å². The van der Waals surface area contributed by atoms with Crippen LogP contribution in [0, 0.1) is 0 Å². The van der Waals surface area contributed by atoms with E-state index in [1.165, 1.54) is 21.3 Å². The van der Waals surface area contributed by atoms with Crippen molar-refractivity contribution in [1.29, 1.82) is 0 Å². The molecule has 0 unspecified atom stereocenters. The Morgan fingerprint density at radius 3 is 2.08 bits per heavy atom. The molecular weight excluding hydrogens is 166 g/mol. The second-order valence-corrected chi connectivity index (χ2v) is 1.77. The standard InChI is InChI=1S/C6H11NO5/c1-10-5(8)4-7(12-3)6(9)11-2/h4H2,1-3H3. The Labute approximate surface area is 69.9 Å². The summed E-state index contributed by atoms with van der Waals surface area (Å²) in [7, 11) is 3.65. The van der Waals surface area contributed by atoms with E-state index < -0.39 is 12.1 Å². The number of carbonyl (C=O) groups excluding carboxylic acids is 2. The maximum Gasteiger partial charge on any atom is 0.434 e. The summed E-state index contributed by atoms with van der Waals surface area (Å²) in [5.41, 5.74) is 0. The molecule has 0 spiro atoms. The minimum absolute atomic E-state index is 0.292. The van der Waals surface area contributed by atoms with E-state index >= 15 is 0 Å². The molecule has 70 valence electrons. The molecule has 0 rings (SSSR count). The van der Waals surface area contributed by atoms with Crippen molar-refractivity contribution in [2.24, 2.45) is 0 Å². The van der Waals surface area contributed by atoms with E-state index in [4.69, 9.17) is 0 Å². The average Bonchev–Trinajstić information content (AvgIpc) is 2.12. The first kappa shape index (κ1) is 10.7. The Kier molecular flexibility index (Phi) is 4.78. The molecule has 0 aromatic heterocycles. The highest BCUT2D eigenvalue weighted by Gasteiger charge is 2.17. The van der Waals surface area contributed by atoms with Gasteiger partial charge in [0.1, 0.15) is 6.54 Å². The summed E-state index contributed by atoms with van der Waals surface area (Å²) in [5, 5.41) is 0.742. The first-order chi connectivity index (χ1) is 5.65. The molecule has 6 nitrogen and oxygen atoms in total. The molecule has 0 aromatic rings. The van der Waals surface area contributed by atoms with Gasteiger partial charge in [-0.3, -0.25) is 9.63 Å². The van der Waals surface area contributed by atoms with E-state index in [-0.39, 0.29) is 6.54 Å². The Hall–Kier alpha value is -1.30. The van der Waals surface area contributed by atoms with Gasteiger partial charge in [0, 0.05) is 0 Å². The molecule has 6 heteroatoms. The molecule has 0 atom stereocenters. The maximum absolute atomic E-state index is 10.8. The lowest BCUT2D eigenvalue weighted by molar-refractivity contribution is -0.157. The zero-order chi connectivity index (χ0) is 9.56. The second kappa shape index (κ2) is 5.36. The predicted molar refractivity (Wildman–Crippen MR) is 38.1 cm³/mol. The molecule has 0 bridgehead atoms. The van der Waals surface area contributed by atoms with Gasteiger partial charge in [0.2, 0.25) is 0 Å². The highest BCUT2D eigenvalue weighted by atomic mass is 16.7. The minimum Gasteiger partial charge on any atom is -0.468 e. The lowest BCUT2D eigenvalue weighted by atomic mass is 10.6. The predicted octanol–water partition coefficient (Wildman–Crippen LogP) is -0.211. The SMILES string of the molecule is COC(=O)CN(OC)C(=O)OC. The van der Waals surface area contributed by atoms with E-state index in [2.05, 4.69) is 14.3 Å². The third-order valence-electron chi connectivity index (χ3n) is 1.10. The van der Waals surface area contributed by atoms with Crippen LogP contribution in [-0.2, 0) is 19.1 Å². The lowest BCUT2D eigenvalue weighted by Crippen LogP contribution is -2.35. The van der Waals surface area contributed by atoms with Crippen molar-refractivity contribution in [3.05, 3.63) is 0 Å². The third-order valence-corrected chi connectivity index (χ3v) is 1.10. The molecule has 0 fully saturated rings. The number of nitrogens with zero attached hydrogens (tertiary/aromatic N) is 1. The van der Waals surface area contributed by atoms with Crippen LogP contribution in [0.15, 0.2) is 0 Å². The normalized spacial score (nSPS) is 8.92. The van der Waals surface area contributed by atoms with Gasteiger partial charge in [-0.25, -0.2) is 4.79 Å². The van der Waals surface area contributed by atoms with Gasteiger partial charge in [0.05, 0.1) is 21.3 Å². The van der Waals surface area contributed by atoms with Gasteiger partial charge in [-0.1, -0.05) is 0 Å². The van der Waals surface area contributed by atoms with Crippen molar-refractivity contribution < 1.29 is 23.9 Å². The van der Waals surface area contributed by atoms with Crippen molar-refractivity contribution >= 4 is 12.1 Å². The molecule has 12 heavy (non-hydrogen) atoms. The number of rotatable bonds is 3. The summed E-state index contributed by atoms with van der Waals surface area (Å²) in [6.07, 6.45) is -0.747. The van der Waals surface area contributed by atoms with E-state index in [0.29, 0.717) is 0 Å². The number of hydroxylamine groups is 2. The number of hydrogen-bond donors (Lipinski definition) is 0. The first-order valence-electron chi connectivity index (χ1n) is 3.12. The first-order valence-corrected chi connectivity index (χ1v) is 3.12. The van der Waals surface area contributed by atoms with Crippen LogP contribution in [0.1, 0.15) is 0 Å². The van der Waals surface area contributed by atoms with Gasteiger partial charge in [0.15, 0.2) is 0 Å². The smallest absolute Gasteiger partial charge is 0.434 e. The summed E-state index contributed by atoms with van der Waals surface area (Å²) in [5.74, 6) is -0.581. The highest BCUT2D eigenvalue weighted by molar-refractivity contribution is 5.77. The van der Waals surface area contributed by atoms with Crippen LogP contribution in [0.3, 0.4) is 0 Å². The molecule has 0 saturated carbocycles. The van der Waals surface area contributed by atoms with Crippen LogP contribution in [-0.4, -0.2) is 45.0 Å². The van der Waals surface area contributed by atoms with E-state index in [1.54, 1.807) is 0 Å². The van der Waals surface area contributed by atoms with E-state index in [0.717, 1.165) is 5.06 Å². The van der Waals surface area contributed by atoms with E-state index in [1.807, 2.05) is 0 Å². The van der Waals surface area contributed by atoms with Crippen molar-refractivity contribution in [3.63, 3.8) is 0 Å². The second-order valence-electron chi connectivity index (χ2n) is 1.77. The van der Waals surface area contributed by atoms with Crippen molar-refractivity contribution in [1.82, 2.24) is 5.06 Å². The Morgan fingerprint density at radius 2 is 1.75 bits per heavy atom. The summed E-state index contributed by atoms with van der Waals surface area (Å²) in [6, 6.07) is 0. The monoisotopic (exact) mass is 177 g/mol. The topological polar surface area (TPSA) is 65.1 Å². The lowest BCUT2D eigenvalue weighted by Gasteiger charge is -2.15. The largest absolute Gasteiger partial charge is 0.468 e. The minimum atomic E-state index is -0.747. The summed E-state index contributed by atoms with van der Waals surface area (Å²) in [6.45, 7) is -0.292. The summed E-state index contributed by atoms with van der Waals surface area (Å²) >= 11 is 0. The number of hydrogen-bond acceptors (Lipinski definition) is 5. The van der Waals surface area contributed by atoms with Crippen LogP contribution in [0.25, 0.3) is 0 Å². The molecule has 0 saturated heterocycles. The third kappa shape index (κ3) is 3.20. The molecule has 1 amide bonds. The van der Waals surface area contributed by atoms with Gasteiger partial charge in [-0.05, 0) is 0 Å². The van der Waals surface area contributed by atoms with Gasteiger partial charge < -0.3 is 9.47 Å². The average molecular weight is 177 g/mol. The van der Waals surface area contributed by atoms with Crippen LogP contribution < -0.4 is 0 Å². The van der Waals surface area contributed by atoms with Gasteiger partial charge in [-0.15, -0.1) is 0 Å².